The first kappa shape index (κ1) is 16.1. The lowest BCUT2D eigenvalue weighted by atomic mass is 10.2. The minimum Gasteiger partial charge on any atom is -0.478 e. The van der Waals surface area contributed by atoms with Crippen LogP contribution in [0, 0.1) is 0 Å². The smallest absolute Gasteiger partial charge is 0.337 e. The monoisotopic (exact) mass is 319 g/mol. The van der Waals surface area contributed by atoms with Crippen molar-refractivity contribution in [2.24, 2.45) is 5.73 Å². The van der Waals surface area contributed by atoms with Gasteiger partial charge < -0.3 is 21.5 Å². The Bertz CT molecular complexity index is 577. The van der Waals surface area contributed by atoms with Gasteiger partial charge in [0, 0.05) is 5.02 Å². The van der Waals surface area contributed by atoms with Gasteiger partial charge in [-0.2, -0.15) is 0 Å². The molecule has 0 saturated carbocycles. The van der Waals surface area contributed by atoms with Gasteiger partial charge in [-0.25, -0.2) is 9.59 Å². The standard InChI is InChI=1S/C11H11Cl2N3O4/c1-4(9(14)17)15-11(20)16-8-6(10(18)19)2-5(12)3-7(8)13/h2-4H,1H3,(H2,14,17)(H,18,19)(H2,15,16,20). The number of urea groups is 1. The number of hydrogen-bond donors (Lipinski definition) is 4. The van der Waals surface area contributed by atoms with Crippen LogP contribution >= 0.6 is 23.2 Å². The number of rotatable bonds is 4. The number of carboxylic acid groups (broad SMARTS) is 1. The number of carboxylic acids is 1. The van der Waals surface area contributed by atoms with E-state index in [9.17, 15) is 14.4 Å². The second-order valence-corrected chi connectivity index (χ2v) is 4.68. The van der Waals surface area contributed by atoms with Crippen LogP contribution in [0.3, 0.4) is 0 Å². The van der Waals surface area contributed by atoms with E-state index in [1.54, 1.807) is 0 Å². The highest BCUT2D eigenvalue weighted by Gasteiger charge is 2.19. The van der Waals surface area contributed by atoms with Crippen molar-refractivity contribution in [3.8, 4) is 0 Å². The molecule has 7 nitrogen and oxygen atoms in total. The third-order valence-corrected chi connectivity index (χ3v) is 2.81. The molecule has 5 N–H and O–H groups in total. The Balaban J connectivity index is 3.00. The number of nitrogens with two attached hydrogens (primary N) is 1. The molecule has 0 bridgehead atoms. The Morgan fingerprint density at radius 1 is 1.30 bits per heavy atom. The van der Waals surface area contributed by atoms with E-state index < -0.39 is 23.9 Å². The van der Waals surface area contributed by atoms with E-state index in [4.69, 9.17) is 34.0 Å². The lowest BCUT2D eigenvalue weighted by molar-refractivity contribution is -0.119. The normalized spacial score (nSPS) is 11.6. The van der Waals surface area contributed by atoms with Gasteiger partial charge in [0.15, 0.2) is 0 Å². The van der Waals surface area contributed by atoms with Gasteiger partial charge in [0.1, 0.15) is 6.04 Å². The van der Waals surface area contributed by atoms with Crippen LogP contribution in [0.4, 0.5) is 10.5 Å². The minimum absolute atomic E-state index is 0.0446. The molecular formula is C11H11Cl2N3O4. The number of carbonyl (C=O) groups is 3. The number of halogens is 2. The molecule has 1 atom stereocenters. The molecule has 0 radical (unpaired) electrons. The fourth-order valence-electron chi connectivity index (χ4n) is 1.29. The van der Waals surface area contributed by atoms with Crippen LogP contribution in [0.5, 0.6) is 0 Å². The van der Waals surface area contributed by atoms with E-state index >= 15 is 0 Å². The fourth-order valence-corrected chi connectivity index (χ4v) is 1.83. The molecule has 9 heteroatoms. The van der Waals surface area contributed by atoms with Crippen molar-refractivity contribution in [2.75, 3.05) is 5.32 Å². The third kappa shape index (κ3) is 4.01. The summed E-state index contributed by atoms with van der Waals surface area (Å²) in [4.78, 5) is 33.5. The second kappa shape index (κ2) is 6.44. The van der Waals surface area contributed by atoms with Crippen molar-refractivity contribution in [1.29, 1.82) is 0 Å². The highest BCUT2D eigenvalue weighted by molar-refractivity contribution is 6.37. The lowest BCUT2D eigenvalue weighted by Crippen LogP contribution is -2.44. The van der Waals surface area contributed by atoms with Gasteiger partial charge in [-0.1, -0.05) is 23.2 Å². The Morgan fingerprint density at radius 3 is 2.40 bits per heavy atom. The number of benzene rings is 1. The Labute approximate surface area is 124 Å². The van der Waals surface area contributed by atoms with Crippen LogP contribution in [0.1, 0.15) is 17.3 Å². The summed E-state index contributed by atoms with van der Waals surface area (Å²) in [7, 11) is 0. The number of carbonyl (C=O) groups excluding carboxylic acids is 2. The Morgan fingerprint density at radius 2 is 1.90 bits per heavy atom. The van der Waals surface area contributed by atoms with Crippen LogP contribution in [-0.4, -0.2) is 29.1 Å². The molecule has 0 aliphatic rings. The quantitative estimate of drug-likeness (QED) is 0.674. The van der Waals surface area contributed by atoms with Crippen molar-refractivity contribution < 1.29 is 19.5 Å². The maximum atomic E-state index is 11.6. The van der Waals surface area contributed by atoms with Crippen LogP contribution < -0.4 is 16.4 Å². The van der Waals surface area contributed by atoms with Crippen molar-refractivity contribution in [1.82, 2.24) is 5.32 Å². The number of anilines is 1. The van der Waals surface area contributed by atoms with E-state index in [1.807, 2.05) is 0 Å². The molecule has 3 amide bonds. The maximum Gasteiger partial charge on any atom is 0.337 e. The van der Waals surface area contributed by atoms with Crippen molar-refractivity contribution in [2.45, 2.75) is 13.0 Å². The van der Waals surface area contributed by atoms with Gasteiger partial charge in [-0.3, -0.25) is 4.79 Å². The second-order valence-electron chi connectivity index (χ2n) is 3.84. The SMILES string of the molecule is CC(NC(=O)Nc1c(Cl)cc(Cl)cc1C(=O)O)C(N)=O. The molecule has 0 saturated heterocycles. The van der Waals surface area contributed by atoms with Gasteiger partial charge in [-0.15, -0.1) is 0 Å². The summed E-state index contributed by atoms with van der Waals surface area (Å²) in [6.45, 7) is 1.38. The van der Waals surface area contributed by atoms with Gasteiger partial charge in [-0.05, 0) is 19.1 Å². The number of amides is 3. The van der Waals surface area contributed by atoms with Crippen molar-refractivity contribution in [3.05, 3.63) is 27.7 Å². The predicted molar refractivity (Wildman–Crippen MR) is 74.2 cm³/mol. The van der Waals surface area contributed by atoms with Crippen LogP contribution in [-0.2, 0) is 4.79 Å². The molecule has 1 rings (SSSR count). The first-order chi connectivity index (χ1) is 9.22. The average Bonchev–Trinajstić information content (AvgIpc) is 2.31. The summed E-state index contributed by atoms with van der Waals surface area (Å²) in [5.74, 6) is -2.05. The predicted octanol–water partition coefficient (Wildman–Crippen LogP) is 1.69. The molecule has 0 fully saturated rings. The first-order valence-electron chi connectivity index (χ1n) is 5.31. The summed E-state index contributed by atoms with van der Waals surface area (Å²) < 4.78 is 0. The van der Waals surface area contributed by atoms with Gasteiger partial charge >= 0.3 is 12.0 Å². The molecule has 0 heterocycles. The van der Waals surface area contributed by atoms with E-state index in [2.05, 4.69) is 10.6 Å². The molecule has 20 heavy (non-hydrogen) atoms. The van der Waals surface area contributed by atoms with Crippen molar-refractivity contribution in [3.63, 3.8) is 0 Å². The summed E-state index contributed by atoms with van der Waals surface area (Å²) in [6, 6.07) is 0.684. The third-order valence-electron chi connectivity index (χ3n) is 2.30. The summed E-state index contributed by atoms with van der Waals surface area (Å²) in [6.07, 6.45) is 0. The first-order valence-corrected chi connectivity index (χ1v) is 6.07. The zero-order valence-electron chi connectivity index (χ0n) is 10.2. The lowest BCUT2D eigenvalue weighted by Gasteiger charge is -2.14. The van der Waals surface area contributed by atoms with E-state index in [0.29, 0.717) is 0 Å². The topological polar surface area (TPSA) is 122 Å². The molecule has 0 aliphatic carbocycles. The molecule has 108 valence electrons. The molecule has 1 unspecified atom stereocenters. The zero-order chi connectivity index (χ0) is 15.4. The van der Waals surface area contributed by atoms with Crippen LogP contribution in [0.25, 0.3) is 0 Å². The molecule has 1 aromatic carbocycles. The Hall–Kier alpha value is -1.99. The molecular weight excluding hydrogens is 309 g/mol. The number of hydrogen-bond acceptors (Lipinski definition) is 3. The largest absolute Gasteiger partial charge is 0.478 e. The fraction of sp³-hybridized carbons (Fsp3) is 0.182. The number of primary amides is 1. The number of aromatic carboxylic acids is 1. The van der Waals surface area contributed by atoms with E-state index in [-0.39, 0.29) is 21.3 Å². The zero-order valence-corrected chi connectivity index (χ0v) is 11.7. The average molecular weight is 320 g/mol. The molecule has 0 aromatic heterocycles. The molecule has 0 aliphatic heterocycles. The molecule has 0 spiro atoms. The van der Waals surface area contributed by atoms with Crippen molar-refractivity contribution >= 4 is 46.8 Å². The highest BCUT2D eigenvalue weighted by atomic mass is 35.5. The van der Waals surface area contributed by atoms with Gasteiger partial charge in [0.05, 0.1) is 16.3 Å². The summed E-state index contributed by atoms with van der Waals surface area (Å²) in [5, 5.41) is 13.6. The van der Waals surface area contributed by atoms with Crippen LogP contribution in [0.15, 0.2) is 12.1 Å². The van der Waals surface area contributed by atoms with Gasteiger partial charge in [0.25, 0.3) is 0 Å². The van der Waals surface area contributed by atoms with E-state index in [1.165, 1.54) is 13.0 Å². The Kier molecular flexibility index (Phi) is 5.18. The highest BCUT2D eigenvalue weighted by Crippen LogP contribution is 2.30. The summed E-state index contributed by atoms with van der Waals surface area (Å²) in [5.41, 5.74) is 4.59. The maximum absolute atomic E-state index is 11.6. The van der Waals surface area contributed by atoms with Crippen LogP contribution in [0.2, 0.25) is 10.0 Å². The number of nitrogens with one attached hydrogen (secondary N) is 2. The summed E-state index contributed by atoms with van der Waals surface area (Å²) >= 11 is 11.5. The minimum atomic E-state index is -1.31. The molecule has 1 aromatic rings. The van der Waals surface area contributed by atoms with E-state index in [0.717, 1.165) is 6.07 Å². The van der Waals surface area contributed by atoms with Gasteiger partial charge in [0.2, 0.25) is 5.91 Å².